The average Bonchev–Trinajstić information content (AvgIpc) is 2.74. The SMILES string of the molecule is CC#CCOc1ccc(S(=O)(=O)C(C(=O)NO)c2cccc3ccccc23)cc1. The maximum absolute atomic E-state index is 13.3. The molecule has 0 aliphatic heterocycles. The number of sulfone groups is 1. The fourth-order valence-electron chi connectivity index (χ4n) is 3.04. The zero-order chi connectivity index (χ0) is 20.9. The molecule has 0 aliphatic carbocycles. The second kappa shape index (κ2) is 8.78. The molecule has 0 spiro atoms. The van der Waals surface area contributed by atoms with Gasteiger partial charge in [0.25, 0.3) is 5.91 Å². The number of hydrogen-bond donors (Lipinski definition) is 2. The van der Waals surface area contributed by atoms with Crippen LogP contribution >= 0.6 is 0 Å². The molecule has 6 nitrogen and oxygen atoms in total. The molecule has 0 bridgehead atoms. The number of fused-ring (bicyclic) bond motifs is 1. The van der Waals surface area contributed by atoms with Gasteiger partial charge in [0, 0.05) is 0 Å². The van der Waals surface area contributed by atoms with E-state index in [-0.39, 0.29) is 17.1 Å². The van der Waals surface area contributed by atoms with Crippen LogP contribution in [0.2, 0.25) is 0 Å². The van der Waals surface area contributed by atoms with E-state index in [1.165, 1.54) is 29.7 Å². The van der Waals surface area contributed by atoms with Gasteiger partial charge in [-0.3, -0.25) is 10.0 Å². The van der Waals surface area contributed by atoms with Crippen molar-refractivity contribution in [1.29, 1.82) is 0 Å². The Morgan fingerprint density at radius 1 is 1.07 bits per heavy atom. The molecule has 0 heterocycles. The van der Waals surface area contributed by atoms with Crippen molar-refractivity contribution in [3.63, 3.8) is 0 Å². The Bertz CT molecular complexity index is 1190. The van der Waals surface area contributed by atoms with Gasteiger partial charge in [-0.1, -0.05) is 48.4 Å². The first-order chi connectivity index (χ1) is 14.0. The second-order valence-corrected chi connectivity index (χ2v) is 8.19. The third-order valence-electron chi connectivity index (χ3n) is 4.40. The zero-order valence-corrected chi connectivity index (χ0v) is 16.4. The lowest BCUT2D eigenvalue weighted by Gasteiger charge is -2.18. The molecule has 1 unspecified atom stereocenters. The lowest BCUT2D eigenvalue weighted by atomic mass is 10.0. The van der Waals surface area contributed by atoms with Crippen LogP contribution in [0.4, 0.5) is 0 Å². The lowest BCUT2D eigenvalue weighted by molar-refractivity contribution is -0.128. The number of carbonyl (C=O) groups excluding carboxylic acids is 1. The Morgan fingerprint density at radius 3 is 2.45 bits per heavy atom. The van der Waals surface area contributed by atoms with Gasteiger partial charge in [0.15, 0.2) is 15.1 Å². The summed E-state index contributed by atoms with van der Waals surface area (Å²) < 4.78 is 32.0. The minimum atomic E-state index is -4.15. The number of hydrogen-bond acceptors (Lipinski definition) is 5. The summed E-state index contributed by atoms with van der Waals surface area (Å²) in [5, 5.41) is 9.01. The predicted octanol–water partition coefficient (Wildman–Crippen LogP) is 3.26. The molecule has 0 aromatic heterocycles. The Hall–Kier alpha value is -3.34. The molecule has 0 radical (unpaired) electrons. The van der Waals surface area contributed by atoms with E-state index >= 15 is 0 Å². The first-order valence-electron chi connectivity index (χ1n) is 8.77. The van der Waals surface area contributed by atoms with Crippen LogP contribution in [0.25, 0.3) is 10.8 Å². The average molecular weight is 409 g/mol. The van der Waals surface area contributed by atoms with Gasteiger partial charge < -0.3 is 4.74 Å². The molecular weight excluding hydrogens is 390 g/mol. The van der Waals surface area contributed by atoms with Gasteiger partial charge in [0.2, 0.25) is 0 Å². The molecule has 0 saturated heterocycles. The summed E-state index contributed by atoms with van der Waals surface area (Å²) in [5.41, 5.74) is 1.78. The van der Waals surface area contributed by atoms with E-state index < -0.39 is 21.0 Å². The first-order valence-corrected chi connectivity index (χ1v) is 10.3. The molecular formula is C22H19NO5S. The molecule has 1 atom stereocenters. The molecule has 3 rings (SSSR count). The molecule has 0 fully saturated rings. The van der Waals surface area contributed by atoms with Crippen LogP contribution in [0.3, 0.4) is 0 Å². The molecule has 0 saturated carbocycles. The summed E-state index contributed by atoms with van der Waals surface area (Å²) in [4.78, 5) is 12.4. The Labute approximate surface area is 169 Å². The maximum atomic E-state index is 13.3. The van der Waals surface area contributed by atoms with E-state index in [4.69, 9.17) is 4.74 Å². The number of carbonyl (C=O) groups is 1. The fraction of sp³-hybridized carbons (Fsp3) is 0.136. The van der Waals surface area contributed by atoms with Crippen LogP contribution in [0.15, 0.2) is 71.6 Å². The van der Waals surface area contributed by atoms with Gasteiger partial charge >= 0.3 is 0 Å². The van der Waals surface area contributed by atoms with Crippen molar-refractivity contribution in [3.05, 3.63) is 72.3 Å². The molecule has 2 N–H and O–H groups in total. The van der Waals surface area contributed by atoms with Crippen molar-refractivity contribution in [2.24, 2.45) is 0 Å². The quantitative estimate of drug-likeness (QED) is 0.370. The molecule has 29 heavy (non-hydrogen) atoms. The molecule has 0 aliphatic rings. The van der Waals surface area contributed by atoms with Crippen molar-refractivity contribution in [3.8, 4) is 17.6 Å². The summed E-state index contributed by atoms with van der Waals surface area (Å²) in [7, 11) is -4.15. The van der Waals surface area contributed by atoms with E-state index in [1.54, 1.807) is 31.2 Å². The van der Waals surface area contributed by atoms with Crippen LogP contribution < -0.4 is 10.2 Å². The highest BCUT2D eigenvalue weighted by molar-refractivity contribution is 7.92. The number of amides is 1. The highest BCUT2D eigenvalue weighted by Gasteiger charge is 2.36. The molecule has 7 heteroatoms. The van der Waals surface area contributed by atoms with Gasteiger partial charge in [-0.05, 0) is 47.5 Å². The Morgan fingerprint density at radius 2 is 1.76 bits per heavy atom. The number of rotatable bonds is 6. The highest BCUT2D eigenvalue weighted by Crippen LogP contribution is 2.34. The third kappa shape index (κ3) is 4.24. The topological polar surface area (TPSA) is 92.7 Å². The minimum Gasteiger partial charge on any atom is -0.481 e. The predicted molar refractivity (Wildman–Crippen MR) is 109 cm³/mol. The molecule has 148 valence electrons. The number of ether oxygens (including phenoxy) is 1. The summed E-state index contributed by atoms with van der Waals surface area (Å²) in [6, 6.07) is 18.0. The van der Waals surface area contributed by atoms with Crippen LogP contribution in [-0.2, 0) is 14.6 Å². The van der Waals surface area contributed by atoms with Crippen LogP contribution in [-0.4, -0.2) is 26.1 Å². The lowest BCUT2D eigenvalue weighted by Crippen LogP contribution is -2.32. The fourth-order valence-corrected chi connectivity index (χ4v) is 4.70. The van der Waals surface area contributed by atoms with E-state index in [9.17, 15) is 18.4 Å². The van der Waals surface area contributed by atoms with E-state index in [1.807, 2.05) is 18.2 Å². The number of hydroxylamine groups is 1. The molecule has 3 aromatic rings. The van der Waals surface area contributed by atoms with Gasteiger partial charge in [0.1, 0.15) is 12.4 Å². The van der Waals surface area contributed by atoms with Crippen molar-refractivity contribution in [2.45, 2.75) is 17.1 Å². The van der Waals surface area contributed by atoms with Crippen molar-refractivity contribution in [2.75, 3.05) is 6.61 Å². The van der Waals surface area contributed by atoms with Crippen LogP contribution in [0.1, 0.15) is 17.7 Å². The molecule has 1 amide bonds. The Kier molecular flexibility index (Phi) is 6.17. The summed E-state index contributed by atoms with van der Waals surface area (Å²) in [6.45, 7) is 1.88. The monoisotopic (exact) mass is 409 g/mol. The molecule has 3 aromatic carbocycles. The van der Waals surface area contributed by atoms with Crippen molar-refractivity contribution in [1.82, 2.24) is 5.48 Å². The summed E-state index contributed by atoms with van der Waals surface area (Å²) in [5.74, 6) is 4.88. The van der Waals surface area contributed by atoms with Crippen molar-refractivity contribution >= 4 is 26.5 Å². The van der Waals surface area contributed by atoms with Gasteiger partial charge in [-0.25, -0.2) is 13.9 Å². The van der Waals surface area contributed by atoms with E-state index in [0.29, 0.717) is 11.1 Å². The standard InChI is InChI=1S/C22H19NO5S/c1-2-3-15-28-17-11-13-18(14-12-17)29(26,27)21(22(24)23-25)20-10-6-8-16-7-4-5-9-19(16)20/h4-14,21,25H,15H2,1H3,(H,23,24). The highest BCUT2D eigenvalue weighted by atomic mass is 32.2. The third-order valence-corrected chi connectivity index (χ3v) is 6.42. The summed E-state index contributed by atoms with van der Waals surface area (Å²) >= 11 is 0. The second-order valence-electron chi connectivity index (χ2n) is 6.16. The van der Waals surface area contributed by atoms with Crippen LogP contribution in [0, 0.1) is 11.8 Å². The van der Waals surface area contributed by atoms with Crippen molar-refractivity contribution < 1.29 is 23.2 Å². The smallest absolute Gasteiger partial charge is 0.266 e. The normalized spacial score (nSPS) is 11.9. The van der Waals surface area contributed by atoms with E-state index in [2.05, 4.69) is 11.8 Å². The zero-order valence-electron chi connectivity index (χ0n) is 15.6. The minimum absolute atomic E-state index is 0.0621. The van der Waals surface area contributed by atoms with Gasteiger partial charge in [0.05, 0.1) is 4.90 Å². The summed E-state index contributed by atoms with van der Waals surface area (Å²) in [6.07, 6.45) is 0. The van der Waals surface area contributed by atoms with Gasteiger partial charge in [-0.2, -0.15) is 0 Å². The number of benzene rings is 3. The Balaban J connectivity index is 2.06. The number of nitrogens with one attached hydrogen (secondary N) is 1. The maximum Gasteiger partial charge on any atom is 0.266 e. The largest absolute Gasteiger partial charge is 0.481 e. The van der Waals surface area contributed by atoms with Gasteiger partial charge in [-0.15, -0.1) is 5.92 Å². The van der Waals surface area contributed by atoms with Crippen LogP contribution in [0.5, 0.6) is 5.75 Å². The first kappa shape index (κ1) is 20.4. The van der Waals surface area contributed by atoms with E-state index in [0.717, 1.165) is 5.39 Å².